The normalized spacial score (nSPS) is 13.4. The van der Waals surface area contributed by atoms with E-state index in [1.165, 1.54) is 39.5 Å². The van der Waals surface area contributed by atoms with Crippen LogP contribution >= 0.6 is 0 Å². The van der Waals surface area contributed by atoms with Crippen molar-refractivity contribution in [3.63, 3.8) is 0 Å². The second kappa shape index (κ2) is 8.16. The standard InChI is InChI=1S/C20H23FN2O4/c1-25-17-12-19(27-3)18(26-2)11-16(17)20(24)22-14-8-13(21)9-15(10-14)23-6-4-5-7-23/h8-12H,4-7H2,1-3H3,(H,22,24). The summed E-state index contributed by atoms with van der Waals surface area (Å²) in [4.78, 5) is 14.9. The molecule has 3 rings (SSSR count). The summed E-state index contributed by atoms with van der Waals surface area (Å²) >= 11 is 0. The molecule has 1 aliphatic heterocycles. The minimum absolute atomic E-state index is 0.266. The summed E-state index contributed by atoms with van der Waals surface area (Å²) in [6.45, 7) is 1.78. The molecular weight excluding hydrogens is 351 g/mol. The predicted molar refractivity (Wildman–Crippen MR) is 102 cm³/mol. The molecule has 0 aromatic heterocycles. The highest BCUT2D eigenvalue weighted by Crippen LogP contribution is 2.35. The van der Waals surface area contributed by atoms with Crippen molar-refractivity contribution >= 4 is 17.3 Å². The fourth-order valence-corrected chi connectivity index (χ4v) is 3.21. The molecule has 0 aliphatic carbocycles. The average molecular weight is 374 g/mol. The molecule has 1 N–H and O–H groups in total. The van der Waals surface area contributed by atoms with Gasteiger partial charge in [0.15, 0.2) is 11.5 Å². The van der Waals surface area contributed by atoms with Crippen LogP contribution in [0, 0.1) is 5.82 Å². The van der Waals surface area contributed by atoms with Crippen molar-refractivity contribution in [2.75, 3.05) is 44.6 Å². The molecule has 1 saturated heterocycles. The zero-order valence-corrected chi connectivity index (χ0v) is 15.7. The average Bonchev–Trinajstić information content (AvgIpc) is 3.21. The third-order valence-electron chi connectivity index (χ3n) is 4.56. The van der Waals surface area contributed by atoms with E-state index in [4.69, 9.17) is 14.2 Å². The Labute approximate surface area is 157 Å². The molecule has 6 nitrogen and oxygen atoms in total. The second-order valence-electron chi connectivity index (χ2n) is 6.25. The van der Waals surface area contributed by atoms with E-state index in [2.05, 4.69) is 10.2 Å². The summed E-state index contributed by atoms with van der Waals surface area (Å²) < 4.78 is 29.8. The van der Waals surface area contributed by atoms with Crippen LogP contribution < -0.4 is 24.4 Å². The fraction of sp³-hybridized carbons (Fsp3) is 0.350. The number of rotatable bonds is 6. The van der Waals surface area contributed by atoms with Gasteiger partial charge in [0.2, 0.25) is 0 Å². The van der Waals surface area contributed by atoms with Gasteiger partial charge in [-0.3, -0.25) is 4.79 Å². The maximum atomic E-state index is 14.1. The molecule has 0 radical (unpaired) electrons. The highest BCUT2D eigenvalue weighted by molar-refractivity contribution is 6.07. The maximum Gasteiger partial charge on any atom is 0.259 e. The number of carbonyl (C=O) groups is 1. The van der Waals surface area contributed by atoms with Gasteiger partial charge in [-0.05, 0) is 31.0 Å². The van der Waals surface area contributed by atoms with E-state index in [1.54, 1.807) is 12.1 Å². The van der Waals surface area contributed by atoms with Crippen LogP contribution in [0.2, 0.25) is 0 Å². The third kappa shape index (κ3) is 4.07. The number of amides is 1. The van der Waals surface area contributed by atoms with Gasteiger partial charge in [-0.1, -0.05) is 0 Å². The van der Waals surface area contributed by atoms with Crippen LogP contribution in [0.3, 0.4) is 0 Å². The first kappa shape index (κ1) is 18.8. The number of carbonyl (C=O) groups excluding carboxylic acids is 1. The van der Waals surface area contributed by atoms with Crippen LogP contribution in [-0.4, -0.2) is 40.3 Å². The number of halogens is 1. The van der Waals surface area contributed by atoms with Gasteiger partial charge in [0.05, 0.1) is 26.9 Å². The SMILES string of the molecule is COc1cc(OC)c(C(=O)Nc2cc(F)cc(N3CCCC3)c2)cc1OC. The second-order valence-corrected chi connectivity index (χ2v) is 6.25. The van der Waals surface area contributed by atoms with Crippen molar-refractivity contribution in [1.29, 1.82) is 0 Å². The summed E-state index contributed by atoms with van der Waals surface area (Å²) in [5, 5.41) is 2.74. The third-order valence-corrected chi connectivity index (χ3v) is 4.56. The number of ether oxygens (including phenoxy) is 3. The van der Waals surface area contributed by atoms with Crippen molar-refractivity contribution in [3.05, 3.63) is 41.7 Å². The van der Waals surface area contributed by atoms with E-state index in [9.17, 15) is 9.18 Å². The molecule has 7 heteroatoms. The van der Waals surface area contributed by atoms with Gasteiger partial charge in [-0.15, -0.1) is 0 Å². The lowest BCUT2D eigenvalue weighted by molar-refractivity contribution is 0.102. The number of nitrogens with zero attached hydrogens (tertiary/aromatic N) is 1. The van der Waals surface area contributed by atoms with E-state index in [0.29, 0.717) is 22.9 Å². The maximum absolute atomic E-state index is 14.1. The Morgan fingerprint density at radius 3 is 2.19 bits per heavy atom. The predicted octanol–water partition coefficient (Wildman–Crippen LogP) is 3.70. The first-order valence-corrected chi connectivity index (χ1v) is 8.72. The monoisotopic (exact) mass is 374 g/mol. The van der Waals surface area contributed by atoms with Gasteiger partial charge < -0.3 is 24.4 Å². The molecule has 144 valence electrons. The van der Waals surface area contributed by atoms with Gasteiger partial charge in [0.25, 0.3) is 5.91 Å². The molecular formula is C20H23FN2O4. The number of methoxy groups -OCH3 is 3. The van der Waals surface area contributed by atoms with Crippen molar-refractivity contribution in [2.45, 2.75) is 12.8 Å². The van der Waals surface area contributed by atoms with Crippen molar-refractivity contribution in [1.82, 2.24) is 0 Å². The quantitative estimate of drug-likeness (QED) is 0.835. The van der Waals surface area contributed by atoms with Crippen molar-refractivity contribution in [3.8, 4) is 17.2 Å². The molecule has 0 bridgehead atoms. The molecule has 0 spiro atoms. The summed E-state index contributed by atoms with van der Waals surface area (Å²) in [6.07, 6.45) is 2.17. The Bertz CT molecular complexity index is 835. The number of benzene rings is 2. The molecule has 2 aromatic carbocycles. The first-order valence-electron chi connectivity index (χ1n) is 8.72. The Hall–Kier alpha value is -2.96. The van der Waals surface area contributed by atoms with E-state index >= 15 is 0 Å². The van der Waals surface area contributed by atoms with Gasteiger partial charge in [0, 0.05) is 36.6 Å². The molecule has 0 unspecified atom stereocenters. The highest BCUT2D eigenvalue weighted by Gasteiger charge is 2.19. The number of hydrogen-bond donors (Lipinski definition) is 1. The molecule has 1 amide bonds. The lowest BCUT2D eigenvalue weighted by Gasteiger charge is -2.19. The number of hydrogen-bond acceptors (Lipinski definition) is 5. The first-order chi connectivity index (χ1) is 13.0. The van der Waals surface area contributed by atoms with E-state index < -0.39 is 11.7 Å². The van der Waals surface area contributed by atoms with E-state index in [0.717, 1.165) is 31.6 Å². The van der Waals surface area contributed by atoms with E-state index in [1.807, 2.05) is 0 Å². The number of nitrogens with one attached hydrogen (secondary N) is 1. The van der Waals surface area contributed by atoms with Crippen LogP contribution in [0.4, 0.5) is 15.8 Å². The van der Waals surface area contributed by atoms with Crippen molar-refractivity contribution in [2.24, 2.45) is 0 Å². The summed E-state index contributed by atoms with van der Waals surface area (Å²) in [7, 11) is 4.45. The molecule has 1 fully saturated rings. The molecule has 1 aliphatic rings. The summed E-state index contributed by atoms with van der Waals surface area (Å²) in [5.41, 5.74) is 1.42. The number of anilines is 2. The lowest BCUT2D eigenvalue weighted by atomic mass is 10.1. The van der Waals surface area contributed by atoms with Crippen LogP contribution in [0.25, 0.3) is 0 Å². The Morgan fingerprint density at radius 2 is 1.56 bits per heavy atom. The molecule has 1 heterocycles. The van der Waals surface area contributed by atoms with Crippen LogP contribution in [0.5, 0.6) is 17.2 Å². The Balaban J connectivity index is 1.89. The molecule has 0 atom stereocenters. The van der Waals surface area contributed by atoms with Crippen LogP contribution in [0.1, 0.15) is 23.2 Å². The Kier molecular flexibility index (Phi) is 5.69. The summed E-state index contributed by atoms with van der Waals surface area (Å²) in [5.74, 6) is 0.370. The van der Waals surface area contributed by atoms with Gasteiger partial charge in [-0.2, -0.15) is 0 Å². The van der Waals surface area contributed by atoms with Crippen molar-refractivity contribution < 1.29 is 23.4 Å². The molecule has 0 saturated carbocycles. The highest BCUT2D eigenvalue weighted by atomic mass is 19.1. The molecule has 2 aromatic rings. The van der Waals surface area contributed by atoms with Gasteiger partial charge in [0.1, 0.15) is 11.6 Å². The smallest absolute Gasteiger partial charge is 0.259 e. The van der Waals surface area contributed by atoms with Gasteiger partial charge >= 0.3 is 0 Å². The summed E-state index contributed by atoms with van der Waals surface area (Å²) in [6, 6.07) is 7.67. The zero-order chi connectivity index (χ0) is 19.4. The zero-order valence-electron chi connectivity index (χ0n) is 15.7. The minimum atomic E-state index is -0.425. The van der Waals surface area contributed by atoms with E-state index in [-0.39, 0.29) is 5.56 Å². The topological polar surface area (TPSA) is 60.0 Å². The lowest BCUT2D eigenvalue weighted by Crippen LogP contribution is -2.19. The fourth-order valence-electron chi connectivity index (χ4n) is 3.21. The van der Waals surface area contributed by atoms with Crippen LogP contribution in [-0.2, 0) is 0 Å². The molecule has 27 heavy (non-hydrogen) atoms. The Morgan fingerprint density at radius 1 is 0.926 bits per heavy atom. The van der Waals surface area contributed by atoms with Gasteiger partial charge in [-0.25, -0.2) is 4.39 Å². The van der Waals surface area contributed by atoms with Crippen LogP contribution in [0.15, 0.2) is 30.3 Å². The minimum Gasteiger partial charge on any atom is -0.496 e. The largest absolute Gasteiger partial charge is 0.496 e.